The van der Waals surface area contributed by atoms with E-state index in [2.05, 4.69) is 15.6 Å². The molecule has 1 heterocycles. The van der Waals surface area contributed by atoms with Crippen LogP contribution < -0.4 is 10.2 Å². The molecule has 0 spiro atoms. The maximum atomic E-state index is 15.0. The molecule has 0 aliphatic carbocycles. The van der Waals surface area contributed by atoms with Crippen molar-refractivity contribution in [2.45, 2.75) is 12.6 Å². The molecule has 8 nitrogen and oxygen atoms in total. The van der Waals surface area contributed by atoms with Gasteiger partial charge in [-0.2, -0.15) is 0 Å². The normalized spacial score (nSPS) is 11.9. The van der Waals surface area contributed by atoms with Crippen LogP contribution >= 0.6 is 11.6 Å². The predicted octanol–water partition coefficient (Wildman–Crippen LogP) is 3.76. The van der Waals surface area contributed by atoms with Crippen LogP contribution in [-0.4, -0.2) is 47.1 Å². The zero-order chi connectivity index (χ0) is 24.8. The van der Waals surface area contributed by atoms with Crippen molar-refractivity contribution in [3.63, 3.8) is 0 Å². The first-order valence-electron chi connectivity index (χ1n) is 10.9. The second kappa shape index (κ2) is 11.1. The summed E-state index contributed by atoms with van der Waals surface area (Å²) in [4.78, 5) is 28.4. The second-order valence-corrected chi connectivity index (χ2v) is 8.12. The number of amides is 2. The molecule has 0 bridgehead atoms. The van der Waals surface area contributed by atoms with Crippen LogP contribution in [0.25, 0.3) is 11.0 Å². The average Bonchev–Trinajstić information content (AvgIpc) is 3.26. The van der Waals surface area contributed by atoms with Crippen molar-refractivity contribution in [3.8, 4) is 0 Å². The van der Waals surface area contributed by atoms with Gasteiger partial charge in [0.15, 0.2) is 0 Å². The largest absolute Gasteiger partial charge is 0.383 e. The molecule has 2 amide bonds. The Morgan fingerprint density at radius 1 is 1.09 bits per heavy atom. The third kappa shape index (κ3) is 5.47. The molecule has 3 aromatic carbocycles. The number of anilines is 1. The Morgan fingerprint density at radius 3 is 2.54 bits per heavy atom. The van der Waals surface area contributed by atoms with Crippen molar-refractivity contribution in [2.75, 3.05) is 25.2 Å². The minimum absolute atomic E-state index is 0.0502. The standard InChI is InChI=1S/C25H23ClFN5O3/c1-35-15-14-28-25(34)24(19-6-2-3-7-20(19)27)32(18-12-10-17(26)11-13-18)23(33)16-31-22-9-5-4-8-21(22)29-30-31/h2-13,24H,14-16H2,1H3,(H,28,34)/t24-/m0/s1. The first kappa shape index (κ1) is 24.3. The molecule has 0 radical (unpaired) electrons. The van der Waals surface area contributed by atoms with E-state index in [9.17, 15) is 14.0 Å². The molecule has 10 heteroatoms. The van der Waals surface area contributed by atoms with Gasteiger partial charge in [-0.05, 0) is 42.5 Å². The average molecular weight is 496 g/mol. The van der Waals surface area contributed by atoms with Gasteiger partial charge in [0.2, 0.25) is 11.8 Å². The fourth-order valence-corrected chi connectivity index (χ4v) is 3.87. The molecule has 180 valence electrons. The minimum atomic E-state index is -1.29. The predicted molar refractivity (Wildman–Crippen MR) is 130 cm³/mol. The molecule has 4 aromatic rings. The number of halogens is 2. The molecule has 0 aliphatic heterocycles. The summed E-state index contributed by atoms with van der Waals surface area (Å²) in [6.07, 6.45) is 0. The van der Waals surface area contributed by atoms with Gasteiger partial charge in [0.25, 0.3) is 0 Å². The summed E-state index contributed by atoms with van der Waals surface area (Å²) in [5, 5.41) is 11.4. The molecule has 0 saturated carbocycles. The van der Waals surface area contributed by atoms with E-state index in [1.54, 1.807) is 42.5 Å². The van der Waals surface area contributed by atoms with Crippen molar-refractivity contribution < 1.29 is 18.7 Å². The molecule has 1 N–H and O–H groups in total. The van der Waals surface area contributed by atoms with Crippen molar-refractivity contribution >= 4 is 40.1 Å². The lowest BCUT2D eigenvalue weighted by molar-refractivity contribution is -0.127. The van der Waals surface area contributed by atoms with Crippen LogP contribution in [0.4, 0.5) is 10.1 Å². The van der Waals surface area contributed by atoms with E-state index in [4.69, 9.17) is 16.3 Å². The Balaban J connectivity index is 1.78. The summed E-state index contributed by atoms with van der Waals surface area (Å²) >= 11 is 6.07. The lowest BCUT2D eigenvalue weighted by Gasteiger charge is -2.31. The quantitative estimate of drug-likeness (QED) is 0.357. The number of nitrogens with one attached hydrogen (secondary N) is 1. The Kier molecular flexibility index (Phi) is 7.69. The molecule has 1 atom stereocenters. The Labute approximate surface area is 206 Å². The van der Waals surface area contributed by atoms with Crippen molar-refractivity contribution in [1.82, 2.24) is 20.3 Å². The third-order valence-corrected chi connectivity index (χ3v) is 5.64. The SMILES string of the molecule is COCCNC(=O)[C@H](c1ccccc1F)N(C(=O)Cn1nnc2ccccc21)c1ccc(Cl)cc1. The summed E-state index contributed by atoms with van der Waals surface area (Å²) in [7, 11) is 1.51. The molecule has 4 rings (SSSR count). The summed E-state index contributed by atoms with van der Waals surface area (Å²) in [5.74, 6) is -1.66. The first-order valence-corrected chi connectivity index (χ1v) is 11.2. The van der Waals surface area contributed by atoms with E-state index in [1.165, 1.54) is 34.9 Å². The first-order chi connectivity index (χ1) is 17.0. The van der Waals surface area contributed by atoms with Crippen molar-refractivity contribution in [3.05, 3.63) is 89.2 Å². The number of nitrogens with zero attached hydrogens (tertiary/aromatic N) is 4. The van der Waals surface area contributed by atoms with Crippen LogP contribution in [0.15, 0.2) is 72.8 Å². The highest BCUT2D eigenvalue weighted by Crippen LogP contribution is 2.31. The van der Waals surface area contributed by atoms with Gasteiger partial charge in [-0.25, -0.2) is 9.07 Å². The Hall–Kier alpha value is -3.82. The zero-order valence-electron chi connectivity index (χ0n) is 18.9. The van der Waals surface area contributed by atoms with E-state index in [1.807, 2.05) is 12.1 Å². The van der Waals surface area contributed by atoms with Gasteiger partial charge in [-0.15, -0.1) is 5.10 Å². The number of carbonyl (C=O) groups is 2. The van der Waals surface area contributed by atoms with E-state index in [-0.39, 0.29) is 25.3 Å². The Morgan fingerprint density at radius 2 is 1.80 bits per heavy atom. The van der Waals surface area contributed by atoms with E-state index in [0.29, 0.717) is 21.7 Å². The molecule has 35 heavy (non-hydrogen) atoms. The second-order valence-electron chi connectivity index (χ2n) is 7.68. The highest BCUT2D eigenvalue weighted by molar-refractivity contribution is 6.30. The highest BCUT2D eigenvalue weighted by atomic mass is 35.5. The van der Waals surface area contributed by atoms with Crippen molar-refractivity contribution in [1.29, 1.82) is 0 Å². The number of hydrogen-bond donors (Lipinski definition) is 1. The highest BCUT2D eigenvalue weighted by Gasteiger charge is 2.34. The summed E-state index contributed by atoms with van der Waals surface area (Å²) in [5.41, 5.74) is 1.71. The van der Waals surface area contributed by atoms with Gasteiger partial charge in [0.1, 0.15) is 23.9 Å². The van der Waals surface area contributed by atoms with Crippen LogP contribution in [0, 0.1) is 5.82 Å². The maximum absolute atomic E-state index is 15.0. The van der Waals surface area contributed by atoms with Gasteiger partial charge in [-0.3, -0.25) is 14.5 Å². The minimum Gasteiger partial charge on any atom is -0.383 e. The summed E-state index contributed by atoms with van der Waals surface area (Å²) < 4.78 is 21.4. The molecular weight excluding hydrogens is 473 g/mol. The topological polar surface area (TPSA) is 89.4 Å². The van der Waals surface area contributed by atoms with Gasteiger partial charge in [0.05, 0.1) is 12.1 Å². The number of hydrogen-bond acceptors (Lipinski definition) is 5. The molecule has 0 aliphatic rings. The summed E-state index contributed by atoms with van der Waals surface area (Å²) in [6.45, 7) is 0.228. The molecule has 0 fully saturated rings. The molecule has 1 aromatic heterocycles. The fourth-order valence-electron chi connectivity index (χ4n) is 3.74. The van der Waals surface area contributed by atoms with E-state index in [0.717, 1.165) is 0 Å². The Bertz CT molecular complexity index is 1330. The number of ether oxygens (including phenoxy) is 1. The van der Waals surface area contributed by atoms with Crippen LogP contribution in [0.5, 0.6) is 0 Å². The fraction of sp³-hybridized carbons (Fsp3) is 0.200. The lowest BCUT2D eigenvalue weighted by atomic mass is 10.0. The van der Waals surface area contributed by atoms with Crippen LogP contribution in [-0.2, 0) is 20.9 Å². The lowest BCUT2D eigenvalue weighted by Crippen LogP contribution is -2.46. The third-order valence-electron chi connectivity index (χ3n) is 5.39. The van der Waals surface area contributed by atoms with Gasteiger partial charge in [-0.1, -0.05) is 47.1 Å². The van der Waals surface area contributed by atoms with Crippen molar-refractivity contribution in [2.24, 2.45) is 0 Å². The number of rotatable bonds is 9. The number of para-hydroxylation sites is 1. The van der Waals surface area contributed by atoms with E-state index >= 15 is 0 Å². The zero-order valence-corrected chi connectivity index (χ0v) is 19.7. The monoisotopic (exact) mass is 495 g/mol. The summed E-state index contributed by atoms with van der Waals surface area (Å²) in [6, 6.07) is 18.2. The molecular formula is C25H23ClFN5O3. The van der Waals surface area contributed by atoms with Crippen LogP contribution in [0.1, 0.15) is 11.6 Å². The van der Waals surface area contributed by atoms with E-state index < -0.39 is 23.7 Å². The smallest absolute Gasteiger partial charge is 0.249 e. The number of fused-ring (bicyclic) bond motifs is 1. The van der Waals surface area contributed by atoms with Gasteiger partial charge < -0.3 is 10.1 Å². The van der Waals surface area contributed by atoms with Gasteiger partial charge >= 0.3 is 0 Å². The number of methoxy groups -OCH3 is 1. The maximum Gasteiger partial charge on any atom is 0.249 e. The number of aromatic nitrogens is 3. The van der Waals surface area contributed by atoms with Gasteiger partial charge in [0, 0.05) is 29.9 Å². The van der Waals surface area contributed by atoms with Crippen LogP contribution in [0.3, 0.4) is 0 Å². The number of carbonyl (C=O) groups excluding carboxylic acids is 2. The van der Waals surface area contributed by atoms with Crippen LogP contribution in [0.2, 0.25) is 5.02 Å². The molecule has 0 unspecified atom stereocenters. The number of benzene rings is 3. The molecule has 0 saturated heterocycles.